The maximum absolute atomic E-state index is 8.46. The normalized spacial score (nSPS) is 9.83. The number of unbranched alkanes of at least 4 members (excludes halogenated alkanes) is 1. The van der Waals surface area contributed by atoms with Gasteiger partial charge < -0.3 is 14.8 Å². The van der Waals surface area contributed by atoms with Crippen molar-refractivity contribution in [3.8, 4) is 17.6 Å². The van der Waals surface area contributed by atoms with Gasteiger partial charge in [-0.05, 0) is 38.1 Å². The molecule has 18 heavy (non-hydrogen) atoms. The van der Waals surface area contributed by atoms with Gasteiger partial charge in [0.25, 0.3) is 0 Å². The van der Waals surface area contributed by atoms with Crippen molar-refractivity contribution in [3.63, 3.8) is 0 Å². The Hall–Kier alpha value is -1.73. The molecule has 0 heterocycles. The van der Waals surface area contributed by atoms with Crippen LogP contribution in [0.1, 0.15) is 25.3 Å². The molecule has 1 N–H and O–H groups in total. The zero-order valence-electron chi connectivity index (χ0n) is 11.0. The Morgan fingerprint density at radius 2 is 2.11 bits per heavy atom. The van der Waals surface area contributed by atoms with Gasteiger partial charge in [-0.3, -0.25) is 0 Å². The predicted molar refractivity (Wildman–Crippen MR) is 70.7 cm³/mol. The topological polar surface area (TPSA) is 54.3 Å². The van der Waals surface area contributed by atoms with Crippen LogP contribution in [0.15, 0.2) is 18.2 Å². The van der Waals surface area contributed by atoms with Gasteiger partial charge in [0.2, 0.25) is 0 Å². The summed E-state index contributed by atoms with van der Waals surface area (Å²) in [5, 5.41) is 11.6. The predicted octanol–water partition coefficient (Wildman–Crippen LogP) is 2.49. The van der Waals surface area contributed by atoms with Crippen LogP contribution in [0.4, 0.5) is 0 Å². The molecule has 0 unspecified atom stereocenters. The molecular weight excluding hydrogens is 228 g/mol. The fourth-order valence-electron chi connectivity index (χ4n) is 1.59. The first kappa shape index (κ1) is 14.3. The van der Waals surface area contributed by atoms with Gasteiger partial charge in [-0.15, -0.1) is 0 Å². The van der Waals surface area contributed by atoms with E-state index >= 15 is 0 Å². The summed E-state index contributed by atoms with van der Waals surface area (Å²) >= 11 is 0. The van der Waals surface area contributed by atoms with Crippen LogP contribution in [-0.2, 0) is 6.54 Å². The molecule has 0 spiro atoms. The molecule has 0 aliphatic carbocycles. The molecule has 0 saturated carbocycles. The third-order valence-electron chi connectivity index (χ3n) is 2.38. The van der Waals surface area contributed by atoms with Crippen molar-refractivity contribution in [3.05, 3.63) is 23.8 Å². The number of nitrogens with one attached hydrogen (secondary N) is 1. The first-order valence-electron chi connectivity index (χ1n) is 6.22. The van der Waals surface area contributed by atoms with E-state index in [1.807, 2.05) is 32.2 Å². The molecule has 4 nitrogen and oxygen atoms in total. The highest BCUT2D eigenvalue weighted by atomic mass is 16.5. The second kappa shape index (κ2) is 8.37. The van der Waals surface area contributed by atoms with Crippen LogP contribution < -0.4 is 14.8 Å². The van der Waals surface area contributed by atoms with Crippen LogP contribution in [0.25, 0.3) is 0 Å². The Balaban J connectivity index is 2.67. The number of benzene rings is 1. The summed E-state index contributed by atoms with van der Waals surface area (Å²) in [5.74, 6) is 1.51. The molecule has 4 heteroatoms. The Kier molecular flexibility index (Phi) is 6.67. The molecule has 0 aliphatic heterocycles. The molecule has 1 aromatic rings. The average molecular weight is 248 g/mol. The Labute approximate surface area is 109 Å². The third kappa shape index (κ3) is 4.64. The van der Waals surface area contributed by atoms with Crippen molar-refractivity contribution in [2.75, 3.05) is 20.3 Å². The molecule has 0 amide bonds. The van der Waals surface area contributed by atoms with E-state index in [4.69, 9.17) is 14.7 Å². The molecule has 0 saturated heterocycles. The van der Waals surface area contributed by atoms with Crippen molar-refractivity contribution in [1.82, 2.24) is 5.32 Å². The lowest BCUT2D eigenvalue weighted by atomic mass is 10.2. The zero-order valence-corrected chi connectivity index (χ0v) is 11.0. The Morgan fingerprint density at radius 1 is 1.28 bits per heavy atom. The van der Waals surface area contributed by atoms with Gasteiger partial charge >= 0.3 is 0 Å². The van der Waals surface area contributed by atoms with E-state index in [0.717, 1.165) is 30.0 Å². The number of rotatable bonds is 8. The average Bonchev–Trinajstić information content (AvgIpc) is 2.37. The monoisotopic (exact) mass is 248 g/mol. The smallest absolute Gasteiger partial charge is 0.161 e. The van der Waals surface area contributed by atoms with Gasteiger partial charge in [0.15, 0.2) is 11.5 Å². The summed E-state index contributed by atoms with van der Waals surface area (Å²) in [5.41, 5.74) is 1.16. The van der Waals surface area contributed by atoms with E-state index in [-0.39, 0.29) is 0 Å². The Morgan fingerprint density at radius 3 is 2.78 bits per heavy atom. The maximum atomic E-state index is 8.46. The highest BCUT2D eigenvalue weighted by Crippen LogP contribution is 2.28. The molecule has 0 aliphatic rings. The van der Waals surface area contributed by atoms with E-state index in [1.165, 1.54) is 0 Å². The van der Waals surface area contributed by atoms with Gasteiger partial charge in [-0.2, -0.15) is 5.26 Å². The Bertz CT molecular complexity index is 399. The van der Waals surface area contributed by atoms with Gasteiger partial charge in [0, 0.05) is 13.0 Å². The minimum atomic E-state index is 0.516. The molecule has 1 aromatic carbocycles. The maximum Gasteiger partial charge on any atom is 0.161 e. The third-order valence-corrected chi connectivity index (χ3v) is 2.38. The summed E-state index contributed by atoms with van der Waals surface area (Å²) in [7, 11) is 1.91. The van der Waals surface area contributed by atoms with E-state index in [2.05, 4.69) is 11.4 Å². The minimum absolute atomic E-state index is 0.516. The summed E-state index contributed by atoms with van der Waals surface area (Å²) in [6.07, 6.45) is 1.25. The summed E-state index contributed by atoms with van der Waals surface area (Å²) < 4.78 is 11.2. The van der Waals surface area contributed by atoms with Gasteiger partial charge in [-0.25, -0.2) is 0 Å². The van der Waals surface area contributed by atoms with Gasteiger partial charge in [0.05, 0.1) is 19.3 Å². The van der Waals surface area contributed by atoms with E-state index < -0.39 is 0 Å². The molecular formula is C14H20N2O2. The molecule has 0 aromatic heterocycles. The lowest BCUT2D eigenvalue weighted by Gasteiger charge is -2.13. The molecule has 0 bridgehead atoms. The summed E-state index contributed by atoms with van der Waals surface area (Å²) in [6, 6.07) is 8.02. The number of hydrogen-bond donors (Lipinski definition) is 1. The summed E-state index contributed by atoms with van der Waals surface area (Å²) in [6.45, 7) is 3.90. The summed E-state index contributed by atoms with van der Waals surface area (Å²) in [4.78, 5) is 0. The zero-order chi connectivity index (χ0) is 13.2. The van der Waals surface area contributed by atoms with Crippen molar-refractivity contribution < 1.29 is 9.47 Å². The highest BCUT2D eigenvalue weighted by molar-refractivity contribution is 5.43. The number of hydrogen-bond acceptors (Lipinski definition) is 4. The van der Waals surface area contributed by atoms with Crippen LogP contribution in [-0.4, -0.2) is 20.3 Å². The SMILES string of the molecule is CCOc1cc(CNC)ccc1OCCCC#N. The molecule has 98 valence electrons. The van der Waals surface area contributed by atoms with E-state index in [0.29, 0.717) is 19.6 Å². The van der Waals surface area contributed by atoms with Crippen molar-refractivity contribution in [2.45, 2.75) is 26.3 Å². The van der Waals surface area contributed by atoms with Crippen LogP contribution in [0.2, 0.25) is 0 Å². The molecule has 0 atom stereocenters. The minimum Gasteiger partial charge on any atom is -0.490 e. The second-order valence-electron chi connectivity index (χ2n) is 3.85. The van der Waals surface area contributed by atoms with Crippen LogP contribution in [0.3, 0.4) is 0 Å². The first-order chi connectivity index (χ1) is 8.81. The lowest BCUT2D eigenvalue weighted by molar-refractivity contribution is 0.274. The van der Waals surface area contributed by atoms with E-state index in [9.17, 15) is 0 Å². The molecule has 0 radical (unpaired) electrons. The first-order valence-corrected chi connectivity index (χ1v) is 6.22. The second-order valence-corrected chi connectivity index (χ2v) is 3.85. The van der Waals surface area contributed by atoms with Crippen LogP contribution in [0.5, 0.6) is 11.5 Å². The fourth-order valence-corrected chi connectivity index (χ4v) is 1.59. The number of nitrogens with zero attached hydrogens (tertiary/aromatic N) is 1. The highest BCUT2D eigenvalue weighted by Gasteiger charge is 2.06. The number of ether oxygens (including phenoxy) is 2. The van der Waals surface area contributed by atoms with Crippen molar-refractivity contribution in [1.29, 1.82) is 5.26 Å². The van der Waals surface area contributed by atoms with Crippen molar-refractivity contribution >= 4 is 0 Å². The lowest BCUT2D eigenvalue weighted by Crippen LogP contribution is -2.06. The number of nitriles is 1. The largest absolute Gasteiger partial charge is 0.490 e. The van der Waals surface area contributed by atoms with Gasteiger partial charge in [0.1, 0.15) is 0 Å². The quantitative estimate of drug-likeness (QED) is 0.718. The van der Waals surface area contributed by atoms with Crippen molar-refractivity contribution in [2.24, 2.45) is 0 Å². The van der Waals surface area contributed by atoms with Crippen LogP contribution in [0, 0.1) is 11.3 Å². The van der Waals surface area contributed by atoms with E-state index in [1.54, 1.807) is 0 Å². The van der Waals surface area contributed by atoms with Crippen LogP contribution >= 0.6 is 0 Å². The molecule has 1 rings (SSSR count). The van der Waals surface area contributed by atoms with Gasteiger partial charge in [-0.1, -0.05) is 6.07 Å². The fraction of sp³-hybridized carbons (Fsp3) is 0.500. The molecule has 0 fully saturated rings. The standard InChI is InChI=1S/C14H20N2O2/c1-3-17-14-10-12(11-16-2)6-7-13(14)18-9-5-4-8-15/h6-7,10,16H,3-5,9,11H2,1-2H3.